The van der Waals surface area contributed by atoms with E-state index in [0.717, 1.165) is 28.9 Å². The van der Waals surface area contributed by atoms with Gasteiger partial charge in [-0.15, -0.1) is 0 Å². The van der Waals surface area contributed by atoms with Crippen LogP contribution in [0, 0.1) is 19.7 Å². The Kier molecular flexibility index (Phi) is 7.07. The Morgan fingerprint density at radius 3 is 2.44 bits per heavy atom. The topological polar surface area (TPSA) is 47.4 Å². The van der Waals surface area contributed by atoms with Crippen LogP contribution in [0.2, 0.25) is 0 Å². The van der Waals surface area contributed by atoms with Crippen molar-refractivity contribution in [2.75, 3.05) is 6.54 Å². The van der Waals surface area contributed by atoms with Gasteiger partial charge in [0.2, 0.25) is 5.88 Å². The van der Waals surface area contributed by atoms with Gasteiger partial charge in [0.25, 0.3) is 5.91 Å². The van der Waals surface area contributed by atoms with Gasteiger partial charge in [-0.2, -0.15) is 5.10 Å². The molecule has 0 atom stereocenters. The lowest BCUT2D eigenvalue weighted by atomic mass is 10.1. The summed E-state index contributed by atoms with van der Waals surface area (Å²) in [4.78, 5) is 14.9. The molecule has 6 heteroatoms. The van der Waals surface area contributed by atoms with E-state index < -0.39 is 5.82 Å². The van der Waals surface area contributed by atoms with E-state index >= 15 is 0 Å². The highest BCUT2D eigenvalue weighted by molar-refractivity contribution is 5.94. The van der Waals surface area contributed by atoms with Crippen LogP contribution in [0.5, 0.6) is 11.6 Å². The maximum absolute atomic E-state index is 14.4. The lowest BCUT2D eigenvalue weighted by Gasteiger charge is -2.23. The normalized spacial score (nSPS) is 10.8. The summed E-state index contributed by atoms with van der Waals surface area (Å²) >= 11 is 0. The van der Waals surface area contributed by atoms with Gasteiger partial charge in [0.15, 0.2) is 0 Å². The lowest BCUT2D eigenvalue weighted by Crippen LogP contribution is -2.32. The van der Waals surface area contributed by atoms with E-state index in [2.05, 4.69) is 0 Å². The number of para-hydroxylation sites is 1. The van der Waals surface area contributed by atoms with E-state index in [0.29, 0.717) is 18.2 Å². The maximum Gasteiger partial charge on any atom is 0.257 e. The number of ether oxygens (including phenoxy) is 1. The predicted molar refractivity (Wildman–Crippen MR) is 131 cm³/mol. The second kappa shape index (κ2) is 10.3. The molecule has 0 radical (unpaired) electrons. The average Bonchev–Trinajstić information content (AvgIpc) is 3.14. The van der Waals surface area contributed by atoms with Crippen LogP contribution < -0.4 is 4.74 Å². The third kappa shape index (κ3) is 5.01. The summed E-state index contributed by atoms with van der Waals surface area (Å²) in [7, 11) is 0. The van der Waals surface area contributed by atoms with Gasteiger partial charge in [0, 0.05) is 6.54 Å². The maximum atomic E-state index is 14.4. The van der Waals surface area contributed by atoms with Gasteiger partial charge in [-0.05, 0) is 62.2 Å². The Labute approximate surface area is 199 Å². The first kappa shape index (κ1) is 23.2. The lowest BCUT2D eigenvalue weighted by molar-refractivity contribution is 0.0737. The third-order valence-corrected chi connectivity index (χ3v) is 5.58. The van der Waals surface area contributed by atoms with Crippen LogP contribution >= 0.6 is 0 Å². The highest BCUT2D eigenvalue weighted by atomic mass is 19.1. The molecule has 0 N–H and O–H groups in total. The highest BCUT2D eigenvalue weighted by Gasteiger charge is 2.25. The first-order chi connectivity index (χ1) is 16.5. The van der Waals surface area contributed by atoms with Crippen molar-refractivity contribution in [3.05, 3.63) is 107 Å². The van der Waals surface area contributed by atoms with Crippen molar-refractivity contribution in [1.82, 2.24) is 14.7 Å². The van der Waals surface area contributed by atoms with Crippen molar-refractivity contribution >= 4 is 5.91 Å². The van der Waals surface area contributed by atoms with E-state index in [9.17, 15) is 9.18 Å². The SMILES string of the molecule is CCCN(Cc1c(C)nn(-c2ccccc2)c1Oc1cccc(C)c1)C(=O)c1ccccc1F. The first-order valence-corrected chi connectivity index (χ1v) is 11.4. The molecule has 34 heavy (non-hydrogen) atoms. The zero-order chi connectivity index (χ0) is 24.1. The molecule has 0 spiro atoms. The molecule has 1 heterocycles. The number of halogens is 1. The third-order valence-electron chi connectivity index (χ3n) is 5.58. The van der Waals surface area contributed by atoms with Gasteiger partial charge in [-0.3, -0.25) is 4.79 Å². The predicted octanol–water partition coefficient (Wildman–Crippen LogP) is 6.47. The van der Waals surface area contributed by atoms with Crippen molar-refractivity contribution in [2.24, 2.45) is 0 Å². The number of nitrogens with zero attached hydrogens (tertiary/aromatic N) is 3. The molecule has 1 amide bonds. The Morgan fingerprint density at radius 1 is 1.00 bits per heavy atom. The van der Waals surface area contributed by atoms with Crippen LogP contribution in [0.25, 0.3) is 5.69 Å². The van der Waals surface area contributed by atoms with E-state index in [1.54, 1.807) is 21.7 Å². The summed E-state index contributed by atoms with van der Waals surface area (Å²) in [5.41, 5.74) is 3.51. The quantitative estimate of drug-likeness (QED) is 0.305. The number of carbonyl (C=O) groups is 1. The number of carbonyl (C=O) groups excluding carboxylic acids is 1. The molecule has 0 aliphatic heterocycles. The minimum atomic E-state index is -0.526. The summed E-state index contributed by atoms with van der Waals surface area (Å²) in [5, 5.41) is 4.74. The minimum absolute atomic E-state index is 0.0604. The first-order valence-electron chi connectivity index (χ1n) is 11.4. The second-order valence-electron chi connectivity index (χ2n) is 8.24. The largest absolute Gasteiger partial charge is 0.439 e. The smallest absolute Gasteiger partial charge is 0.257 e. The molecule has 0 unspecified atom stereocenters. The van der Waals surface area contributed by atoms with E-state index in [-0.39, 0.29) is 18.0 Å². The Bertz CT molecular complexity index is 1280. The van der Waals surface area contributed by atoms with Crippen LogP contribution in [0.3, 0.4) is 0 Å². The van der Waals surface area contributed by atoms with Gasteiger partial charge in [-0.1, -0.05) is 49.4 Å². The monoisotopic (exact) mass is 457 g/mol. The molecule has 0 saturated carbocycles. The Balaban J connectivity index is 1.77. The number of aromatic nitrogens is 2. The molecule has 0 bridgehead atoms. The molecular formula is C28H28FN3O2. The number of rotatable bonds is 8. The molecule has 0 aliphatic rings. The van der Waals surface area contributed by atoms with Crippen LogP contribution in [-0.2, 0) is 6.54 Å². The van der Waals surface area contributed by atoms with Crippen molar-refractivity contribution in [3.8, 4) is 17.3 Å². The van der Waals surface area contributed by atoms with E-state index in [1.165, 1.54) is 12.1 Å². The summed E-state index contributed by atoms with van der Waals surface area (Å²) < 4.78 is 22.5. The highest BCUT2D eigenvalue weighted by Crippen LogP contribution is 2.32. The van der Waals surface area contributed by atoms with Crippen LogP contribution in [0.4, 0.5) is 4.39 Å². The Morgan fingerprint density at radius 2 is 1.74 bits per heavy atom. The summed E-state index contributed by atoms with van der Waals surface area (Å²) in [6.45, 7) is 6.62. The molecule has 0 aliphatic carbocycles. The van der Waals surface area contributed by atoms with Gasteiger partial charge >= 0.3 is 0 Å². The molecule has 1 aromatic heterocycles. The fraction of sp³-hybridized carbons (Fsp3) is 0.214. The summed E-state index contributed by atoms with van der Waals surface area (Å²) in [5.74, 6) is 0.340. The fourth-order valence-electron chi connectivity index (χ4n) is 3.88. The van der Waals surface area contributed by atoms with Crippen LogP contribution in [-0.4, -0.2) is 27.1 Å². The molecule has 4 rings (SSSR count). The van der Waals surface area contributed by atoms with Crippen LogP contribution in [0.1, 0.15) is 40.5 Å². The van der Waals surface area contributed by atoms with Crippen molar-refractivity contribution in [2.45, 2.75) is 33.7 Å². The van der Waals surface area contributed by atoms with Gasteiger partial charge in [-0.25, -0.2) is 9.07 Å². The van der Waals surface area contributed by atoms with E-state index in [4.69, 9.17) is 9.84 Å². The van der Waals surface area contributed by atoms with Crippen molar-refractivity contribution in [1.29, 1.82) is 0 Å². The number of hydrogen-bond acceptors (Lipinski definition) is 3. The van der Waals surface area contributed by atoms with Gasteiger partial charge in [0.05, 0.1) is 29.1 Å². The molecule has 0 saturated heterocycles. The molecule has 3 aromatic carbocycles. The molecule has 5 nitrogen and oxygen atoms in total. The molecular weight excluding hydrogens is 429 g/mol. The number of amides is 1. The van der Waals surface area contributed by atoms with Crippen molar-refractivity contribution < 1.29 is 13.9 Å². The van der Waals surface area contributed by atoms with Crippen molar-refractivity contribution in [3.63, 3.8) is 0 Å². The van der Waals surface area contributed by atoms with Gasteiger partial charge < -0.3 is 9.64 Å². The average molecular weight is 458 g/mol. The summed E-state index contributed by atoms with van der Waals surface area (Å²) in [6, 6.07) is 23.6. The number of hydrogen-bond donors (Lipinski definition) is 0. The molecule has 4 aromatic rings. The zero-order valence-electron chi connectivity index (χ0n) is 19.7. The molecule has 0 fully saturated rings. The fourth-order valence-corrected chi connectivity index (χ4v) is 3.88. The Hall–Kier alpha value is -3.93. The zero-order valence-corrected chi connectivity index (χ0v) is 19.7. The number of benzene rings is 3. The summed E-state index contributed by atoms with van der Waals surface area (Å²) in [6.07, 6.45) is 0.736. The van der Waals surface area contributed by atoms with Gasteiger partial charge in [0.1, 0.15) is 11.6 Å². The minimum Gasteiger partial charge on any atom is -0.439 e. The standard InChI is InChI=1S/C28H28FN3O2/c1-4-17-31(27(33)24-15-8-9-16-26(24)29)19-25-21(3)30-32(22-12-6-5-7-13-22)28(25)34-23-14-10-11-20(2)18-23/h5-16,18H,4,17,19H2,1-3H3. The number of aryl methyl sites for hydroxylation is 2. The van der Waals surface area contributed by atoms with Crippen LogP contribution in [0.15, 0.2) is 78.9 Å². The van der Waals surface area contributed by atoms with E-state index in [1.807, 2.05) is 75.4 Å². The molecule has 174 valence electrons. The second-order valence-corrected chi connectivity index (χ2v) is 8.24.